The van der Waals surface area contributed by atoms with Crippen LogP contribution in [0.5, 0.6) is 0 Å². The van der Waals surface area contributed by atoms with E-state index in [0.717, 1.165) is 12.8 Å². The van der Waals surface area contributed by atoms with Gasteiger partial charge in [0.1, 0.15) is 0 Å². The smallest absolute Gasteiger partial charge is 0.0988 e. The van der Waals surface area contributed by atoms with Gasteiger partial charge in [-0.1, -0.05) is 6.08 Å². The van der Waals surface area contributed by atoms with Gasteiger partial charge in [0.15, 0.2) is 0 Å². The Morgan fingerprint density at radius 1 is 1.30 bits per heavy atom. The Morgan fingerprint density at radius 3 is 2.70 bits per heavy atom. The number of rotatable bonds is 0. The van der Waals surface area contributed by atoms with Crippen LogP contribution in [-0.4, -0.2) is 0 Å². The maximum absolute atomic E-state index is 8.45. The van der Waals surface area contributed by atoms with Gasteiger partial charge in [0.25, 0.3) is 0 Å². The Bertz CT molecular complexity index is 271. The Hall–Kier alpha value is -1.54. The monoisotopic (exact) mass is 130 g/mol. The lowest BCUT2D eigenvalue weighted by molar-refractivity contribution is 0.985. The number of nitriles is 2. The van der Waals surface area contributed by atoms with E-state index in [0.29, 0.717) is 11.1 Å². The average molecular weight is 130 g/mol. The number of nitrogens with zero attached hydrogens (tertiary/aromatic N) is 2. The minimum absolute atomic E-state index is 0.614. The molecule has 0 radical (unpaired) electrons. The van der Waals surface area contributed by atoms with Gasteiger partial charge in [0.2, 0.25) is 0 Å². The first-order chi connectivity index (χ1) is 4.86. The van der Waals surface area contributed by atoms with Crippen molar-refractivity contribution >= 4 is 0 Å². The number of hydrogen-bond donors (Lipinski definition) is 0. The quantitative estimate of drug-likeness (QED) is 0.500. The third kappa shape index (κ3) is 1.24. The van der Waals surface area contributed by atoms with Crippen molar-refractivity contribution in [1.29, 1.82) is 10.5 Å². The molecule has 0 amide bonds. The van der Waals surface area contributed by atoms with E-state index in [2.05, 4.69) is 0 Å². The molecular weight excluding hydrogens is 124 g/mol. The predicted octanol–water partition coefficient (Wildman–Crippen LogP) is 1.68. The van der Waals surface area contributed by atoms with Crippen LogP contribution in [0.15, 0.2) is 23.3 Å². The highest BCUT2D eigenvalue weighted by Crippen LogP contribution is 2.15. The molecule has 0 N–H and O–H groups in total. The molecule has 0 unspecified atom stereocenters. The molecule has 0 bridgehead atoms. The average Bonchev–Trinajstić information content (AvgIpc) is 2.05. The first-order valence-electron chi connectivity index (χ1n) is 3.08. The van der Waals surface area contributed by atoms with E-state index in [1.54, 1.807) is 6.08 Å². The van der Waals surface area contributed by atoms with Crippen LogP contribution in [0.1, 0.15) is 12.8 Å². The van der Waals surface area contributed by atoms with Gasteiger partial charge in [-0.15, -0.1) is 0 Å². The molecule has 0 aromatic rings. The molecule has 0 spiro atoms. The molecule has 0 saturated heterocycles. The molecule has 2 heteroatoms. The topological polar surface area (TPSA) is 47.6 Å². The summed E-state index contributed by atoms with van der Waals surface area (Å²) in [5, 5.41) is 16.9. The molecule has 0 aromatic carbocycles. The van der Waals surface area contributed by atoms with Crippen molar-refractivity contribution in [2.24, 2.45) is 0 Å². The van der Waals surface area contributed by atoms with Crippen LogP contribution in [0, 0.1) is 22.7 Å². The van der Waals surface area contributed by atoms with Crippen LogP contribution >= 0.6 is 0 Å². The van der Waals surface area contributed by atoms with E-state index >= 15 is 0 Å². The standard InChI is InChI=1S/C8H6N2/c9-5-7-2-1-3-8(4-7)6-10/h2,4H,1,3H2. The lowest BCUT2D eigenvalue weighted by Gasteiger charge is -2.00. The van der Waals surface area contributed by atoms with Crippen molar-refractivity contribution in [2.45, 2.75) is 12.8 Å². The summed E-state index contributed by atoms with van der Waals surface area (Å²) in [4.78, 5) is 0. The van der Waals surface area contributed by atoms with Crippen molar-refractivity contribution in [2.75, 3.05) is 0 Å². The predicted molar refractivity (Wildman–Crippen MR) is 36.6 cm³/mol. The van der Waals surface area contributed by atoms with Gasteiger partial charge in [-0.25, -0.2) is 0 Å². The summed E-state index contributed by atoms with van der Waals surface area (Å²) in [6.07, 6.45) is 5.09. The third-order valence-corrected chi connectivity index (χ3v) is 1.38. The highest BCUT2D eigenvalue weighted by Gasteiger charge is 2.02. The zero-order valence-corrected chi connectivity index (χ0v) is 5.46. The highest BCUT2D eigenvalue weighted by molar-refractivity contribution is 5.42. The lowest BCUT2D eigenvalue weighted by Crippen LogP contribution is -1.87. The van der Waals surface area contributed by atoms with Crippen molar-refractivity contribution in [3.63, 3.8) is 0 Å². The zero-order valence-electron chi connectivity index (χ0n) is 5.46. The highest BCUT2D eigenvalue weighted by atomic mass is 14.3. The Balaban J connectivity index is 2.86. The SMILES string of the molecule is N#CC1=CCCC(C#N)=C1. The van der Waals surface area contributed by atoms with Gasteiger partial charge >= 0.3 is 0 Å². The molecule has 1 aliphatic rings. The van der Waals surface area contributed by atoms with Gasteiger partial charge in [0, 0.05) is 11.1 Å². The summed E-state index contributed by atoms with van der Waals surface area (Å²) in [6, 6.07) is 4.04. The Kier molecular flexibility index (Phi) is 1.87. The van der Waals surface area contributed by atoms with Crippen LogP contribution < -0.4 is 0 Å². The van der Waals surface area contributed by atoms with E-state index in [-0.39, 0.29) is 0 Å². The molecule has 0 aromatic heterocycles. The van der Waals surface area contributed by atoms with Crippen LogP contribution in [0.25, 0.3) is 0 Å². The fourth-order valence-corrected chi connectivity index (χ4v) is 0.868. The van der Waals surface area contributed by atoms with Gasteiger partial charge in [0.05, 0.1) is 12.1 Å². The van der Waals surface area contributed by atoms with Gasteiger partial charge in [-0.05, 0) is 18.9 Å². The number of hydrogen-bond acceptors (Lipinski definition) is 2. The molecule has 0 aliphatic heterocycles. The van der Waals surface area contributed by atoms with E-state index in [9.17, 15) is 0 Å². The first-order valence-corrected chi connectivity index (χ1v) is 3.08. The second-order valence-corrected chi connectivity index (χ2v) is 2.09. The maximum atomic E-state index is 8.45. The summed E-state index contributed by atoms with van der Waals surface area (Å²) >= 11 is 0. The van der Waals surface area contributed by atoms with Crippen molar-refractivity contribution in [1.82, 2.24) is 0 Å². The van der Waals surface area contributed by atoms with Crippen molar-refractivity contribution in [3.05, 3.63) is 23.3 Å². The van der Waals surface area contributed by atoms with Gasteiger partial charge in [-0.2, -0.15) is 10.5 Å². The second kappa shape index (κ2) is 2.85. The Labute approximate surface area is 59.7 Å². The molecule has 10 heavy (non-hydrogen) atoms. The van der Waals surface area contributed by atoms with Gasteiger partial charge in [-0.3, -0.25) is 0 Å². The normalized spacial score (nSPS) is 16.2. The van der Waals surface area contributed by atoms with Crippen LogP contribution in [-0.2, 0) is 0 Å². The van der Waals surface area contributed by atoms with Gasteiger partial charge < -0.3 is 0 Å². The van der Waals surface area contributed by atoms with E-state index in [1.165, 1.54) is 0 Å². The van der Waals surface area contributed by atoms with Crippen LogP contribution in [0.4, 0.5) is 0 Å². The number of allylic oxidation sites excluding steroid dienone is 4. The Morgan fingerprint density at radius 2 is 2.10 bits per heavy atom. The minimum Gasteiger partial charge on any atom is -0.193 e. The molecule has 1 rings (SSSR count). The van der Waals surface area contributed by atoms with E-state index in [1.807, 2.05) is 18.2 Å². The van der Waals surface area contributed by atoms with Crippen molar-refractivity contribution in [3.8, 4) is 12.1 Å². The molecule has 0 heterocycles. The molecule has 0 fully saturated rings. The fraction of sp³-hybridized carbons (Fsp3) is 0.250. The van der Waals surface area contributed by atoms with E-state index in [4.69, 9.17) is 10.5 Å². The molecule has 2 nitrogen and oxygen atoms in total. The molecular formula is C8H6N2. The summed E-state index contributed by atoms with van der Waals surface area (Å²) < 4.78 is 0. The lowest BCUT2D eigenvalue weighted by atomic mass is 10.0. The largest absolute Gasteiger partial charge is 0.193 e. The third-order valence-electron chi connectivity index (χ3n) is 1.38. The molecule has 48 valence electrons. The minimum atomic E-state index is 0.614. The zero-order chi connectivity index (χ0) is 7.40. The molecule has 1 aliphatic carbocycles. The molecule has 0 saturated carbocycles. The summed E-state index contributed by atoms with van der Waals surface area (Å²) in [6.45, 7) is 0. The summed E-state index contributed by atoms with van der Waals surface area (Å²) in [5.41, 5.74) is 1.32. The van der Waals surface area contributed by atoms with Crippen LogP contribution in [0.2, 0.25) is 0 Å². The maximum Gasteiger partial charge on any atom is 0.0988 e. The summed E-state index contributed by atoms with van der Waals surface area (Å²) in [7, 11) is 0. The second-order valence-electron chi connectivity index (χ2n) is 2.09. The molecule has 0 atom stereocenters. The van der Waals surface area contributed by atoms with Crippen molar-refractivity contribution < 1.29 is 0 Å². The first kappa shape index (κ1) is 6.58. The fourth-order valence-electron chi connectivity index (χ4n) is 0.868. The van der Waals surface area contributed by atoms with E-state index < -0.39 is 0 Å². The van der Waals surface area contributed by atoms with Crippen LogP contribution in [0.3, 0.4) is 0 Å². The summed E-state index contributed by atoms with van der Waals surface area (Å²) in [5.74, 6) is 0.